The molecular weight excluding hydrogens is 258 g/mol. The van der Waals surface area contributed by atoms with E-state index in [1.807, 2.05) is 11.9 Å². The van der Waals surface area contributed by atoms with Crippen molar-refractivity contribution in [1.82, 2.24) is 15.0 Å². The van der Waals surface area contributed by atoms with Gasteiger partial charge in [-0.1, -0.05) is 6.92 Å². The quantitative estimate of drug-likeness (QED) is 0.792. The smallest absolute Gasteiger partial charge is 0.230 e. The Morgan fingerprint density at radius 2 is 2.00 bits per heavy atom. The Bertz CT molecular complexity index is 423. The number of likely N-dealkylation sites (N-methyl/N-ethyl adjacent to an activating group) is 1. The van der Waals surface area contributed by atoms with E-state index in [4.69, 9.17) is 9.84 Å². The van der Waals surface area contributed by atoms with Crippen molar-refractivity contribution in [3.8, 4) is 0 Å². The molecule has 0 radical (unpaired) electrons. The van der Waals surface area contributed by atoms with Gasteiger partial charge in [-0.05, 0) is 6.42 Å². The summed E-state index contributed by atoms with van der Waals surface area (Å²) in [5, 5.41) is 9.05. The fourth-order valence-electron chi connectivity index (χ4n) is 2.06. The Morgan fingerprint density at radius 1 is 1.25 bits per heavy atom. The Kier molecular flexibility index (Phi) is 5.49. The van der Waals surface area contributed by atoms with Crippen molar-refractivity contribution in [2.24, 2.45) is 0 Å². The van der Waals surface area contributed by atoms with Crippen LogP contribution < -0.4 is 9.80 Å². The van der Waals surface area contributed by atoms with Crippen LogP contribution in [0.15, 0.2) is 0 Å². The standard InChI is InChI=1S/C13H23N5O2/c1-3-4-11-14-12(17(2)5-8-19)16-13(15-11)18-6-9-20-10-7-18/h19H,3-10H2,1-2H3. The number of aromatic nitrogens is 3. The van der Waals surface area contributed by atoms with Crippen LogP contribution in [0.1, 0.15) is 19.2 Å². The molecule has 0 aromatic carbocycles. The number of hydrogen-bond acceptors (Lipinski definition) is 7. The lowest BCUT2D eigenvalue weighted by molar-refractivity contribution is 0.122. The molecule has 1 saturated heterocycles. The summed E-state index contributed by atoms with van der Waals surface area (Å²) in [4.78, 5) is 17.5. The number of aliphatic hydroxyl groups excluding tert-OH is 1. The monoisotopic (exact) mass is 281 g/mol. The number of aliphatic hydroxyl groups is 1. The van der Waals surface area contributed by atoms with Crippen LogP contribution in [-0.2, 0) is 11.2 Å². The van der Waals surface area contributed by atoms with E-state index in [1.54, 1.807) is 0 Å². The van der Waals surface area contributed by atoms with E-state index in [1.165, 1.54) is 0 Å². The minimum absolute atomic E-state index is 0.0815. The minimum atomic E-state index is 0.0815. The number of hydrogen-bond donors (Lipinski definition) is 1. The Morgan fingerprint density at radius 3 is 2.65 bits per heavy atom. The lowest BCUT2D eigenvalue weighted by Gasteiger charge is -2.28. The lowest BCUT2D eigenvalue weighted by atomic mass is 10.3. The molecule has 1 aliphatic rings. The number of morpholine rings is 1. The SMILES string of the molecule is CCCc1nc(N(C)CCO)nc(N2CCOCC2)n1. The van der Waals surface area contributed by atoms with Gasteiger partial charge in [-0.25, -0.2) is 0 Å². The summed E-state index contributed by atoms with van der Waals surface area (Å²) in [6.07, 6.45) is 1.83. The average molecular weight is 281 g/mol. The molecule has 20 heavy (non-hydrogen) atoms. The molecule has 7 heteroatoms. The molecule has 1 aliphatic heterocycles. The predicted octanol–water partition coefficient (Wildman–Crippen LogP) is 0.0892. The van der Waals surface area contributed by atoms with Crippen LogP contribution >= 0.6 is 0 Å². The number of ether oxygens (including phenoxy) is 1. The Hall–Kier alpha value is -1.47. The molecule has 2 rings (SSSR count). The van der Waals surface area contributed by atoms with Crippen molar-refractivity contribution in [2.45, 2.75) is 19.8 Å². The molecule has 112 valence electrons. The first-order valence-corrected chi connectivity index (χ1v) is 7.14. The van der Waals surface area contributed by atoms with Gasteiger partial charge in [-0.2, -0.15) is 15.0 Å². The van der Waals surface area contributed by atoms with E-state index in [0.29, 0.717) is 31.7 Å². The van der Waals surface area contributed by atoms with Crippen LogP contribution in [0.2, 0.25) is 0 Å². The van der Waals surface area contributed by atoms with E-state index in [-0.39, 0.29) is 6.61 Å². The zero-order valence-electron chi connectivity index (χ0n) is 12.2. The molecule has 2 heterocycles. The van der Waals surface area contributed by atoms with E-state index < -0.39 is 0 Å². The zero-order valence-corrected chi connectivity index (χ0v) is 12.2. The maximum atomic E-state index is 9.05. The first kappa shape index (κ1) is 14.9. The second-order valence-corrected chi connectivity index (χ2v) is 4.85. The molecule has 0 aliphatic carbocycles. The van der Waals surface area contributed by atoms with Crippen LogP contribution in [0, 0.1) is 0 Å². The number of nitrogens with zero attached hydrogens (tertiary/aromatic N) is 5. The van der Waals surface area contributed by atoms with Crippen molar-refractivity contribution in [3.05, 3.63) is 5.82 Å². The van der Waals surface area contributed by atoms with Gasteiger partial charge >= 0.3 is 0 Å². The molecule has 1 aromatic rings. The molecule has 1 aromatic heterocycles. The van der Waals surface area contributed by atoms with Gasteiger partial charge in [0.05, 0.1) is 19.8 Å². The fourth-order valence-corrected chi connectivity index (χ4v) is 2.06. The lowest BCUT2D eigenvalue weighted by Crippen LogP contribution is -2.38. The minimum Gasteiger partial charge on any atom is -0.395 e. The third kappa shape index (κ3) is 3.77. The third-order valence-electron chi connectivity index (χ3n) is 3.20. The van der Waals surface area contributed by atoms with Crippen molar-refractivity contribution in [1.29, 1.82) is 0 Å². The highest BCUT2D eigenvalue weighted by Gasteiger charge is 2.17. The maximum absolute atomic E-state index is 9.05. The van der Waals surface area contributed by atoms with E-state index in [2.05, 4.69) is 26.8 Å². The van der Waals surface area contributed by atoms with Gasteiger partial charge in [0.2, 0.25) is 11.9 Å². The van der Waals surface area contributed by atoms with E-state index in [0.717, 1.165) is 31.8 Å². The summed E-state index contributed by atoms with van der Waals surface area (Å²) in [5.41, 5.74) is 0. The summed E-state index contributed by atoms with van der Waals surface area (Å²) in [6.45, 7) is 5.72. The summed E-state index contributed by atoms with van der Waals surface area (Å²) < 4.78 is 5.36. The van der Waals surface area contributed by atoms with Crippen LogP contribution in [0.5, 0.6) is 0 Å². The topological polar surface area (TPSA) is 74.6 Å². The molecule has 0 atom stereocenters. The summed E-state index contributed by atoms with van der Waals surface area (Å²) in [5.74, 6) is 2.15. The number of rotatable bonds is 6. The summed E-state index contributed by atoms with van der Waals surface area (Å²) >= 11 is 0. The molecule has 1 fully saturated rings. The Labute approximate surface area is 119 Å². The van der Waals surface area contributed by atoms with Gasteiger partial charge in [-0.3, -0.25) is 0 Å². The second-order valence-electron chi connectivity index (χ2n) is 4.85. The van der Waals surface area contributed by atoms with Crippen LogP contribution in [0.3, 0.4) is 0 Å². The second kappa shape index (κ2) is 7.35. The highest BCUT2D eigenvalue weighted by molar-refractivity contribution is 5.39. The summed E-state index contributed by atoms with van der Waals surface area (Å²) in [6, 6.07) is 0. The molecule has 0 bridgehead atoms. The van der Waals surface area contributed by atoms with E-state index >= 15 is 0 Å². The maximum Gasteiger partial charge on any atom is 0.230 e. The van der Waals surface area contributed by atoms with Gasteiger partial charge in [0.15, 0.2) is 0 Å². The van der Waals surface area contributed by atoms with Gasteiger partial charge < -0.3 is 19.6 Å². The molecule has 0 saturated carbocycles. The van der Waals surface area contributed by atoms with Crippen LogP contribution in [0.25, 0.3) is 0 Å². The Balaban J connectivity index is 2.24. The van der Waals surface area contributed by atoms with Crippen LogP contribution in [-0.4, -0.2) is 66.6 Å². The van der Waals surface area contributed by atoms with Gasteiger partial charge in [0.1, 0.15) is 5.82 Å². The highest BCUT2D eigenvalue weighted by Crippen LogP contribution is 2.15. The normalized spacial score (nSPS) is 15.4. The van der Waals surface area contributed by atoms with Gasteiger partial charge in [0.25, 0.3) is 0 Å². The molecule has 7 nitrogen and oxygen atoms in total. The molecule has 0 unspecified atom stereocenters. The van der Waals surface area contributed by atoms with Crippen LogP contribution in [0.4, 0.5) is 11.9 Å². The largest absolute Gasteiger partial charge is 0.395 e. The summed E-state index contributed by atoms with van der Waals surface area (Å²) in [7, 11) is 1.88. The number of aryl methyl sites for hydroxylation is 1. The van der Waals surface area contributed by atoms with Crippen molar-refractivity contribution >= 4 is 11.9 Å². The molecule has 0 amide bonds. The van der Waals surface area contributed by atoms with E-state index in [9.17, 15) is 0 Å². The van der Waals surface area contributed by atoms with Crippen molar-refractivity contribution in [2.75, 3.05) is 56.3 Å². The molecule has 0 spiro atoms. The highest BCUT2D eigenvalue weighted by atomic mass is 16.5. The van der Waals surface area contributed by atoms with Gasteiger partial charge in [-0.15, -0.1) is 0 Å². The predicted molar refractivity (Wildman–Crippen MR) is 77.2 cm³/mol. The van der Waals surface area contributed by atoms with Gasteiger partial charge in [0, 0.05) is 33.1 Å². The fraction of sp³-hybridized carbons (Fsp3) is 0.769. The molecular formula is C13H23N5O2. The third-order valence-corrected chi connectivity index (χ3v) is 3.20. The first-order chi connectivity index (χ1) is 9.74. The zero-order chi connectivity index (χ0) is 14.4. The van der Waals surface area contributed by atoms with Crippen molar-refractivity contribution in [3.63, 3.8) is 0 Å². The first-order valence-electron chi connectivity index (χ1n) is 7.14. The molecule has 1 N–H and O–H groups in total. The number of anilines is 2. The van der Waals surface area contributed by atoms with Crippen molar-refractivity contribution < 1.29 is 9.84 Å². The average Bonchev–Trinajstić information content (AvgIpc) is 2.48.